The summed E-state index contributed by atoms with van der Waals surface area (Å²) < 4.78 is 0. The third-order valence-corrected chi connectivity index (χ3v) is 4.41. The van der Waals surface area contributed by atoms with Gasteiger partial charge in [0.15, 0.2) is 0 Å². The molecule has 1 aliphatic heterocycles. The van der Waals surface area contributed by atoms with Crippen LogP contribution in [0, 0.1) is 5.92 Å². The zero-order chi connectivity index (χ0) is 16.3. The van der Waals surface area contributed by atoms with Crippen molar-refractivity contribution in [1.29, 1.82) is 0 Å². The van der Waals surface area contributed by atoms with E-state index in [1.807, 2.05) is 60.7 Å². The molecule has 2 aromatic rings. The summed E-state index contributed by atoms with van der Waals surface area (Å²) in [5, 5.41) is 12.5. The predicted octanol–water partition coefficient (Wildman–Crippen LogP) is 2.43. The van der Waals surface area contributed by atoms with E-state index >= 15 is 0 Å². The molecule has 1 aliphatic rings. The van der Waals surface area contributed by atoms with Crippen LogP contribution in [0.15, 0.2) is 60.7 Å². The Balaban J connectivity index is 1.80. The van der Waals surface area contributed by atoms with E-state index < -0.39 is 11.5 Å². The van der Waals surface area contributed by atoms with Gasteiger partial charge >= 0.3 is 5.97 Å². The van der Waals surface area contributed by atoms with Crippen LogP contribution < -0.4 is 5.32 Å². The average molecular weight is 309 g/mol. The van der Waals surface area contributed by atoms with E-state index in [2.05, 4.69) is 5.32 Å². The van der Waals surface area contributed by atoms with Crippen molar-refractivity contribution in [3.8, 4) is 0 Å². The van der Waals surface area contributed by atoms with E-state index in [0.29, 0.717) is 19.3 Å². The van der Waals surface area contributed by atoms with E-state index in [-0.39, 0.29) is 11.8 Å². The first-order valence-electron chi connectivity index (χ1n) is 7.72. The Morgan fingerprint density at radius 3 is 2.17 bits per heavy atom. The van der Waals surface area contributed by atoms with Crippen molar-refractivity contribution in [3.63, 3.8) is 0 Å². The Labute approximate surface area is 135 Å². The maximum Gasteiger partial charge on any atom is 0.329 e. The number of carbonyl (C=O) groups excluding carboxylic acids is 1. The van der Waals surface area contributed by atoms with E-state index in [0.717, 1.165) is 11.1 Å². The Hall–Kier alpha value is -2.62. The molecular weight excluding hydrogens is 290 g/mol. The molecule has 0 aliphatic carbocycles. The molecule has 1 heterocycles. The van der Waals surface area contributed by atoms with Gasteiger partial charge in [-0.25, -0.2) is 4.79 Å². The minimum atomic E-state index is -1.21. The van der Waals surface area contributed by atoms with Crippen LogP contribution >= 0.6 is 0 Å². The van der Waals surface area contributed by atoms with E-state index in [9.17, 15) is 14.7 Å². The molecule has 0 spiro atoms. The van der Waals surface area contributed by atoms with Crippen LogP contribution in [-0.2, 0) is 22.4 Å². The smallest absolute Gasteiger partial charge is 0.329 e. The van der Waals surface area contributed by atoms with Crippen LogP contribution in [0.1, 0.15) is 17.5 Å². The Kier molecular flexibility index (Phi) is 4.15. The van der Waals surface area contributed by atoms with E-state index in [1.54, 1.807) is 0 Å². The Morgan fingerprint density at radius 1 is 1.04 bits per heavy atom. The molecule has 2 aromatic carbocycles. The summed E-state index contributed by atoms with van der Waals surface area (Å²) in [6.45, 7) is 0. The third kappa shape index (κ3) is 3.26. The van der Waals surface area contributed by atoms with Gasteiger partial charge in [-0.2, -0.15) is 0 Å². The second-order valence-electron chi connectivity index (χ2n) is 6.13. The van der Waals surface area contributed by atoms with Crippen molar-refractivity contribution in [1.82, 2.24) is 5.32 Å². The van der Waals surface area contributed by atoms with E-state index in [4.69, 9.17) is 0 Å². The minimum Gasteiger partial charge on any atom is -0.479 e. The van der Waals surface area contributed by atoms with Crippen LogP contribution in [0.3, 0.4) is 0 Å². The van der Waals surface area contributed by atoms with Crippen molar-refractivity contribution >= 4 is 11.9 Å². The number of rotatable bonds is 5. The highest BCUT2D eigenvalue weighted by Crippen LogP contribution is 2.31. The molecule has 0 saturated carbocycles. The molecule has 0 bridgehead atoms. The summed E-state index contributed by atoms with van der Waals surface area (Å²) in [4.78, 5) is 24.2. The van der Waals surface area contributed by atoms with Crippen LogP contribution in [0.4, 0.5) is 0 Å². The number of hydrogen-bond donors (Lipinski definition) is 2. The van der Waals surface area contributed by atoms with Gasteiger partial charge in [-0.1, -0.05) is 60.7 Å². The molecule has 0 radical (unpaired) electrons. The number of hydrogen-bond acceptors (Lipinski definition) is 2. The molecule has 2 N–H and O–H groups in total. The normalized spacial score (nSPS) is 23.5. The second kappa shape index (κ2) is 6.24. The first-order valence-corrected chi connectivity index (χ1v) is 7.72. The quantitative estimate of drug-likeness (QED) is 0.891. The fourth-order valence-electron chi connectivity index (χ4n) is 3.24. The first kappa shape index (κ1) is 15.3. The molecule has 3 rings (SSSR count). The number of carboxylic acids is 1. The number of amides is 1. The lowest BCUT2D eigenvalue weighted by Crippen LogP contribution is -2.50. The van der Waals surface area contributed by atoms with Gasteiger partial charge in [0.1, 0.15) is 5.54 Å². The highest BCUT2D eigenvalue weighted by atomic mass is 16.4. The number of carboxylic acid groups (broad SMARTS) is 1. The van der Waals surface area contributed by atoms with Gasteiger partial charge < -0.3 is 10.4 Å². The van der Waals surface area contributed by atoms with Crippen molar-refractivity contribution in [2.45, 2.75) is 24.8 Å². The van der Waals surface area contributed by atoms with Crippen LogP contribution in [0.25, 0.3) is 0 Å². The number of aliphatic carboxylic acids is 1. The van der Waals surface area contributed by atoms with Crippen LogP contribution in [-0.4, -0.2) is 22.5 Å². The molecule has 23 heavy (non-hydrogen) atoms. The second-order valence-corrected chi connectivity index (χ2v) is 6.13. The largest absolute Gasteiger partial charge is 0.479 e. The number of nitrogens with one attached hydrogen (secondary N) is 1. The Bertz CT molecular complexity index is 699. The number of carbonyl (C=O) groups is 2. The summed E-state index contributed by atoms with van der Waals surface area (Å²) in [5.41, 5.74) is 0.752. The van der Waals surface area contributed by atoms with Crippen LogP contribution in [0.2, 0.25) is 0 Å². The van der Waals surface area contributed by atoms with Gasteiger partial charge in [0.2, 0.25) is 5.91 Å². The van der Waals surface area contributed by atoms with Crippen molar-refractivity contribution < 1.29 is 14.7 Å². The van der Waals surface area contributed by atoms with Gasteiger partial charge in [0, 0.05) is 12.3 Å². The zero-order valence-corrected chi connectivity index (χ0v) is 12.7. The minimum absolute atomic E-state index is 0.174. The van der Waals surface area contributed by atoms with E-state index in [1.165, 1.54) is 0 Å². The third-order valence-electron chi connectivity index (χ3n) is 4.41. The number of benzene rings is 2. The fourth-order valence-corrected chi connectivity index (χ4v) is 3.24. The maximum atomic E-state index is 12.3. The van der Waals surface area contributed by atoms with Crippen molar-refractivity contribution in [2.75, 3.05) is 0 Å². The fraction of sp³-hybridized carbons (Fsp3) is 0.263. The highest BCUT2D eigenvalue weighted by Gasteiger charge is 2.49. The molecule has 1 amide bonds. The van der Waals surface area contributed by atoms with Crippen LogP contribution in [0.5, 0.6) is 0 Å². The monoisotopic (exact) mass is 309 g/mol. The summed E-state index contributed by atoms with van der Waals surface area (Å²) in [5.74, 6) is -1.45. The van der Waals surface area contributed by atoms with Gasteiger partial charge in [-0.3, -0.25) is 4.79 Å². The molecule has 4 nitrogen and oxygen atoms in total. The molecule has 0 aromatic heterocycles. The maximum absolute atomic E-state index is 12.3. The topological polar surface area (TPSA) is 66.4 Å². The zero-order valence-electron chi connectivity index (χ0n) is 12.7. The molecule has 1 unspecified atom stereocenters. The van der Waals surface area contributed by atoms with Gasteiger partial charge in [-0.05, 0) is 24.0 Å². The molecule has 1 saturated heterocycles. The van der Waals surface area contributed by atoms with Gasteiger partial charge in [0.25, 0.3) is 0 Å². The SMILES string of the molecule is O=C1N[C@](Cc2ccccc2)(C(=O)O)CC1Cc1ccccc1. The molecule has 118 valence electrons. The average Bonchev–Trinajstić information content (AvgIpc) is 2.86. The van der Waals surface area contributed by atoms with Gasteiger partial charge in [0.05, 0.1) is 0 Å². The highest BCUT2D eigenvalue weighted by molar-refractivity contribution is 5.92. The lowest BCUT2D eigenvalue weighted by Gasteiger charge is -2.24. The Morgan fingerprint density at radius 2 is 1.61 bits per heavy atom. The molecular formula is C19H19NO3. The predicted molar refractivity (Wildman–Crippen MR) is 86.9 cm³/mol. The lowest BCUT2D eigenvalue weighted by molar-refractivity contribution is -0.145. The molecule has 1 fully saturated rings. The summed E-state index contributed by atoms with van der Waals surface area (Å²) in [6, 6.07) is 19.1. The van der Waals surface area contributed by atoms with Crippen molar-refractivity contribution in [3.05, 3.63) is 71.8 Å². The first-order chi connectivity index (χ1) is 11.1. The summed E-state index contributed by atoms with van der Waals surface area (Å²) in [7, 11) is 0. The summed E-state index contributed by atoms with van der Waals surface area (Å²) >= 11 is 0. The lowest BCUT2D eigenvalue weighted by atomic mass is 9.84. The molecule has 2 atom stereocenters. The van der Waals surface area contributed by atoms with Gasteiger partial charge in [-0.15, -0.1) is 0 Å². The molecule has 4 heteroatoms. The summed E-state index contributed by atoms with van der Waals surface area (Å²) in [6.07, 6.45) is 1.18. The standard InChI is InChI=1S/C19H19NO3/c21-17-16(11-14-7-3-1-4-8-14)13-19(20-17,18(22)23)12-15-9-5-2-6-10-15/h1-10,16H,11-13H2,(H,20,21)(H,22,23)/t16?,19-/m0/s1. The van der Waals surface area contributed by atoms with Crippen molar-refractivity contribution in [2.24, 2.45) is 5.92 Å².